The molecule has 1 saturated heterocycles. The molecule has 37 heavy (non-hydrogen) atoms. The molecule has 2 aromatic rings. The summed E-state index contributed by atoms with van der Waals surface area (Å²) >= 11 is 1.30. The molecule has 0 bridgehead atoms. The number of hydrogen-bond donors (Lipinski definition) is 1. The normalized spacial score (nSPS) is 18.9. The molecule has 1 fully saturated rings. The number of thiophene rings is 1. The molecule has 0 saturated carbocycles. The van der Waals surface area contributed by atoms with Crippen LogP contribution >= 0.6 is 11.3 Å². The molecule has 202 valence electrons. The fourth-order valence-corrected chi connectivity index (χ4v) is 5.59. The van der Waals surface area contributed by atoms with E-state index in [9.17, 15) is 23.5 Å². The van der Waals surface area contributed by atoms with Crippen molar-refractivity contribution in [1.29, 1.82) is 0 Å². The van der Waals surface area contributed by atoms with Crippen molar-refractivity contribution in [1.82, 2.24) is 4.90 Å². The van der Waals surface area contributed by atoms with Gasteiger partial charge < -0.3 is 14.7 Å². The van der Waals surface area contributed by atoms with E-state index in [1.165, 1.54) is 28.9 Å². The first kappa shape index (κ1) is 29.0. The number of benzene rings is 1. The van der Waals surface area contributed by atoms with Crippen molar-refractivity contribution in [2.75, 3.05) is 13.7 Å². The highest BCUT2D eigenvalue weighted by molar-refractivity contribution is 7.13. The van der Waals surface area contributed by atoms with E-state index in [0.717, 1.165) is 37.0 Å². The van der Waals surface area contributed by atoms with Gasteiger partial charge in [-0.1, -0.05) is 62.2 Å². The number of esters is 1. The van der Waals surface area contributed by atoms with Crippen molar-refractivity contribution in [3.63, 3.8) is 0 Å². The average molecular weight is 534 g/mol. The third-order valence-corrected chi connectivity index (χ3v) is 8.02. The number of nitrogens with zero attached hydrogens (tertiary/aromatic N) is 1. The maximum absolute atomic E-state index is 14.2. The van der Waals surface area contributed by atoms with Crippen LogP contribution in [-0.2, 0) is 22.4 Å². The number of rotatable bonds is 14. The fourth-order valence-electron chi connectivity index (χ4n) is 4.63. The summed E-state index contributed by atoms with van der Waals surface area (Å²) in [6.45, 7) is 2.14. The maximum atomic E-state index is 14.2. The molecule has 5 nitrogen and oxygen atoms in total. The van der Waals surface area contributed by atoms with Gasteiger partial charge in [0.1, 0.15) is 4.88 Å². The van der Waals surface area contributed by atoms with Crippen LogP contribution in [0.5, 0.6) is 0 Å². The highest BCUT2D eigenvalue weighted by Gasteiger charge is 2.52. The van der Waals surface area contributed by atoms with E-state index in [0.29, 0.717) is 17.7 Å². The molecule has 0 spiro atoms. The molecule has 1 aromatic carbocycles. The van der Waals surface area contributed by atoms with Gasteiger partial charge in [0.15, 0.2) is 0 Å². The van der Waals surface area contributed by atoms with Gasteiger partial charge in [0, 0.05) is 17.8 Å². The SMILES string of the molecule is COC(=O)c1ccc(CCCN2C(=O)C(F)(F)C[C@@H]2C=C[C@@H](O)[C@@H](C)CCCCCc2ccccc2)s1. The first-order chi connectivity index (χ1) is 17.7. The second kappa shape index (κ2) is 13.8. The number of carbonyl (C=O) groups excluding carboxylic acids is 2. The fraction of sp³-hybridized carbons (Fsp3) is 0.517. The molecule has 3 atom stereocenters. The Bertz CT molecular complexity index is 1040. The number of aliphatic hydroxyl groups excluding tert-OH is 1. The number of ether oxygens (including phenoxy) is 1. The van der Waals surface area contributed by atoms with Crippen molar-refractivity contribution in [3.8, 4) is 0 Å². The Morgan fingerprint density at radius 1 is 1.16 bits per heavy atom. The number of amides is 1. The van der Waals surface area contributed by atoms with E-state index in [1.54, 1.807) is 18.2 Å². The van der Waals surface area contributed by atoms with Gasteiger partial charge in [-0.3, -0.25) is 4.79 Å². The van der Waals surface area contributed by atoms with Gasteiger partial charge in [-0.15, -0.1) is 11.3 Å². The number of halogens is 2. The first-order valence-corrected chi connectivity index (χ1v) is 13.8. The zero-order valence-corrected chi connectivity index (χ0v) is 22.4. The van der Waals surface area contributed by atoms with Crippen LogP contribution in [-0.4, -0.2) is 53.6 Å². The van der Waals surface area contributed by atoms with Crippen molar-refractivity contribution in [2.24, 2.45) is 5.92 Å². The van der Waals surface area contributed by atoms with E-state index < -0.39 is 36.4 Å². The van der Waals surface area contributed by atoms with Crippen LogP contribution in [0.15, 0.2) is 54.6 Å². The number of aliphatic hydroxyl groups is 1. The van der Waals surface area contributed by atoms with Gasteiger partial charge in [0.25, 0.3) is 5.91 Å². The lowest BCUT2D eigenvalue weighted by atomic mass is 9.95. The van der Waals surface area contributed by atoms with E-state index in [-0.39, 0.29) is 12.5 Å². The van der Waals surface area contributed by atoms with Gasteiger partial charge in [0.2, 0.25) is 0 Å². The lowest BCUT2D eigenvalue weighted by molar-refractivity contribution is -0.148. The summed E-state index contributed by atoms with van der Waals surface area (Å²) in [5.41, 5.74) is 1.33. The van der Waals surface area contributed by atoms with Gasteiger partial charge in [-0.05, 0) is 55.7 Å². The molecule has 1 aromatic heterocycles. The molecular weight excluding hydrogens is 496 g/mol. The Hall–Kier alpha value is -2.58. The van der Waals surface area contributed by atoms with E-state index in [2.05, 4.69) is 12.1 Å². The van der Waals surface area contributed by atoms with Crippen molar-refractivity contribution < 1.29 is 28.2 Å². The first-order valence-electron chi connectivity index (χ1n) is 13.0. The van der Waals surface area contributed by atoms with Crippen LogP contribution in [0.4, 0.5) is 8.78 Å². The van der Waals surface area contributed by atoms with Gasteiger partial charge in [0.05, 0.1) is 19.3 Å². The second-order valence-corrected chi connectivity index (χ2v) is 10.9. The average Bonchev–Trinajstić information content (AvgIpc) is 3.45. The zero-order valence-electron chi connectivity index (χ0n) is 21.6. The minimum Gasteiger partial charge on any atom is -0.465 e. The molecule has 1 aliphatic heterocycles. The molecule has 1 N–H and O–H groups in total. The Kier molecular flexibility index (Phi) is 10.8. The van der Waals surface area contributed by atoms with Crippen LogP contribution < -0.4 is 0 Å². The van der Waals surface area contributed by atoms with Crippen molar-refractivity contribution in [3.05, 3.63) is 69.9 Å². The van der Waals surface area contributed by atoms with E-state index >= 15 is 0 Å². The highest BCUT2D eigenvalue weighted by atomic mass is 32.1. The summed E-state index contributed by atoms with van der Waals surface area (Å²) in [5, 5.41) is 10.6. The summed E-state index contributed by atoms with van der Waals surface area (Å²) in [4.78, 5) is 26.6. The predicted octanol–water partition coefficient (Wildman–Crippen LogP) is 6.06. The summed E-state index contributed by atoms with van der Waals surface area (Å²) in [7, 11) is 1.32. The summed E-state index contributed by atoms with van der Waals surface area (Å²) in [6.07, 6.45) is 7.91. The van der Waals surface area contributed by atoms with Crippen molar-refractivity contribution in [2.45, 2.75) is 76.4 Å². The quantitative estimate of drug-likeness (QED) is 0.182. The third-order valence-electron chi connectivity index (χ3n) is 6.89. The lowest BCUT2D eigenvalue weighted by Gasteiger charge is -2.22. The monoisotopic (exact) mass is 533 g/mol. The smallest absolute Gasteiger partial charge is 0.348 e. The molecule has 0 unspecified atom stereocenters. The number of hydrogen-bond acceptors (Lipinski definition) is 5. The molecule has 1 amide bonds. The molecule has 2 heterocycles. The van der Waals surface area contributed by atoms with Gasteiger partial charge in [-0.25, -0.2) is 4.79 Å². The summed E-state index contributed by atoms with van der Waals surface area (Å²) < 4.78 is 33.2. The number of likely N-dealkylation sites (tertiary alicyclic amines) is 1. The van der Waals surface area contributed by atoms with Crippen LogP contribution in [0.3, 0.4) is 0 Å². The predicted molar refractivity (Wildman–Crippen MR) is 142 cm³/mol. The maximum Gasteiger partial charge on any atom is 0.348 e. The Balaban J connectivity index is 1.45. The van der Waals surface area contributed by atoms with Gasteiger partial charge in [-0.2, -0.15) is 8.78 Å². The number of unbranched alkanes of at least 4 members (excludes halogenated alkanes) is 2. The zero-order chi connectivity index (χ0) is 26.8. The number of methoxy groups -OCH3 is 1. The molecule has 0 aliphatic carbocycles. The van der Waals surface area contributed by atoms with Crippen LogP contribution in [0, 0.1) is 5.92 Å². The van der Waals surface area contributed by atoms with Crippen LogP contribution in [0.25, 0.3) is 0 Å². The third kappa shape index (κ3) is 8.47. The molecular formula is C29H37F2NO4S. The Morgan fingerprint density at radius 3 is 2.65 bits per heavy atom. The Morgan fingerprint density at radius 2 is 1.92 bits per heavy atom. The minimum absolute atomic E-state index is 0.00174. The molecule has 3 rings (SSSR count). The molecule has 0 radical (unpaired) electrons. The number of alkyl halides is 2. The minimum atomic E-state index is -3.40. The lowest BCUT2D eigenvalue weighted by Crippen LogP contribution is -2.36. The number of carbonyl (C=O) groups is 2. The Labute approximate surface area is 222 Å². The largest absolute Gasteiger partial charge is 0.465 e. The highest BCUT2D eigenvalue weighted by Crippen LogP contribution is 2.34. The second-order valence-electron chi connectivity index (χ2n) is 9.77. The van der Waals surface area contributed by atoms with Crippen LogP contribution in [0.1, 0.15) is 65.6 Å². The molecule has 1 aliphatic rings. The number of aryl methyl sites for hydroxylation is 2. The van der Waals surface area contributed by atoms with Gasteiger partial charge >= 0.3 is 11.9 Å². The van der Waals surface area contributed by atoms with Crippen LogP contribution in [0.2, 0.25) is 0 Å². The van der Waals surface area contributed by atoms with Crippen molar-refractivity contribution >= 4 is 23.2 Å². The van der Waals surface area contributed by atoms with E-state index in [1.807, 2.05) is 31.2 Å². The summed E-state index contributed by atoms with van der Waals surface area (Å²) in [6, 6.07) is 13.1. The summed E-state index contributed by atoms with van der Waals surface area (Å²) in [5.74, 6) is -4.96. The standard InChI is InChI=1S/C29H37F2NO4S/c1-21(10-5-3-6-11-22-12-7-4-8-13-22)25(33)17-15-23-20-29(30,31)28(35)32(23)19-9-14-24-16-18-26(37-24)27(34)36-2/h4,7-8,12-13,15-18,21,23,25,33H,3,5-6,9-11,14,19-20H2,1-2H3/t21-,23-,25+/m0/s1. The molecule has 8 heteroatoms. The van der Waals surface area contributed by atoms with E-state index in [4.69, 9.17) is 4.74 Å². The topological polar surface area (TPSA) is 66.8 Å².